The molecule has 0 atom stereocenters. The van der Waals surface area contributed by atoms with Crippen LogP contribution < -0.4 is 5.73 Å². The van der Waals surface area contributed by atoms with Gasteiger partial charge in [-0.2, -0.15) is 5.10 Å². The molecule has 0 spiro atoms. The van der Waals surface area contributed by atoms with E-state index < -0.39 is 11.6 Å². The van der Waals surface area contributed by atoms with Crippen LogP contribution in [-0.2, 0) is 29.0 Å². The van der Waals surface area contributed by atoms with E-state index >= 15 is 0 Å². The molecule has 5 rings (SSSR count). The minimum absolute atomic E-state index is 0.0107. The first kappa shape index (κ1) is 18.7. The van der Waals surface area contributed by atoms with E-state index in [0.717, 1.165) is 23.4 Å². The van der Waals surface area contributed by atoms with Crippen LogP contribution in [0.5, 0.6) is 0 Å². The lowest BCUT2D eigenvalue weighted by molar-refractivity contribution is -0.131. The Hall–Kier alpha value is -3.33. The summed E-state index contributed by atoms with van der Waals surface area (Å²) in [5, 5.41) is 4.57. The molecule has 0 saturated carbocycles. The van der Waals surface area contributed by atoms with Crippen LogP contribution in [0.25, 0.3) is 11.3 Å². The average Bonchev–Trinajstić information content (AvgIpc) is 3.21. The molecule has 1 amide bonds. The number of halogens is 2. The van der Waals surface area contributed by atoms with Gasteiger partial charge in [-0.25, -0.2) is 8.78 Å². The Labute approximate surface area is 171 Å². The van der Waals surface area contributed by atoms with Gasteiger partial charge in [-0.3, -0.25) is 14.5 Å². The zero-order valence-corrected chi connectivity index (χ0v) is 16.0. The Morgan fingerprint density at radius 1 is 1.20 bits per heavy atom. The average molecular weight is 411 g/mol. The molecule has 2 aliphatic heterocycles. The summed E-state index contributed by atoms with van der Waals surface area (Å²) in [5.74, 6) is -1.52. The fourth-order valence-electron chi connectivity index (χ4n) is 3.67. The van der Waals surface area contributed by atoms with Crippen LogP contribution in [-0.4, -0.2) is 38.8 Å². The summed E-state index contributed by atoms with van der Waals surface area (Å²) in [6.45, 7) is 2.24. The molecule has 0 unspecified atom stereocenters. The highest BCUT2D eigenvalue weighted by Gasteiger charge is 2.30. The first-order chi connectivity index (χ1) is 14.5. The first-order valence-electron chi connectivity index (χ1n) is 9.61. The second kappa shape index (κ2) is 7.17. The van der Waals surface area contributed by atoms with Gasteiger partial charge in [0, 0.05) is 29.9 Å². The van der Waals surface area contributed by atoms with Crippen molar-refractivity contribution in [3.8, 4) is 11.3 Å². The van der Waals surface area contributed by atoms with Crippen molar-refractivity contribution < 1.29 is 18.3 Å². The Balaban J connectivity index is 1.31. The molecule has 4 heterocycles. The summed E-state index contributed by atoms with van der Waals surface area (Å²) < 4.78 is 34.4. The molecular formula is C21H19F2N5O2. The lowest BCUT2D eigenvalue weighted by Gasteiger charge is -2.26. The molecule has 1 fully saturated rings. The summed E-state index contributed by atoms with van der Waals surface area (Å²) in [4.78, 5) is 18.9. The normalized spacial score (nSPS) is 15.9. The molecule has 154 valence electrons. The second-order valence-electron chi connectivity index (χ2n) is 7.56. The zero-order valence-electron chi connectivity index (χ0n) is 16.0. The number of aromatic nitrogens is 3. The Bertz CT molecular complexity index is 1120. The van der Waals surface area contributed by atoms with E-state index in [1.54, 1.807) is 17.0 Å². The van der Waals surface area contributed by atoms with Crippen LogP contribution in [0.2, 0.25) is 0 Å². The van der Waals surface area contributed by atoms with Gasteiger partial charge < -0.3 is 15.4 Å². The van der Waals surface area contributed by atoms with Gasteiger partial charge in [-0.1, -0.05) is 0 Å². The Morgan fingerprint density at radius 2 is 2.03 bits per heavy atom. The van der Waals surface area contributed by atoms with Gasteiger partial charge in [0.2, 0.25) is 5.91 Å². The summed E-state index contributed by atoms with van der Waals surface area (Å²) in [6, 6.07) is 6.70. The van der Waals surface area contributed by atoms with Crippen molar-refractivity contribution in [1.82, 2.24) is 19.7 Å². The third-order valence-corrected chi connectivity index (χ3v) is 5.48. The van der Waals surface area contributed by atoms with Gasteiger partial charge in [0.15, 0.2) is 0 Å². The fourth-order valence-corrected chi connectivity index (χ4v) is 3.67. The summed E-state index contributed by atoms with van der Waals surface area (Å²) in [6.07, 6.45) is 1.96. The monoisotopic (exact) mass is 411 g/mol. The van der Waals surface area contributed by atoms with Gasteiger partial charge >= 0.3 is 0 Å². The number of pyridine rings is 1. The van der Waals surface area contributed by atoms with Gasteiger partial charge in [0.05, 0.1) is 55.0 Å². The lowest BCUT2D eigenvalue weighted by Crippen LogP contribution is -2.32. The van der Waals surface area contributed by atoms with Crippen LogP contribution in [0.4, 0.5) is 14.5 Å². The molecule has 3 aromatic rings. The number of amides is 1. The third-order valence-electron chi connectivity index (χ3n) is 5.48. The van der Waals surface area contributed by atoms with Crippen LogP contribution in [0.1, 0.15) is 23.0 Å². The minimum atomic E-state index is -0.719. The molecule has 2 aliphatic rings. The van der Waals surface area contributed by atoms with Gasteiger partial charge in [-0.15, -0.1) is 0 Å². The number of benzene rings is 1. The summed E-state index contributed by atoms with van der Waals surface area (Å²) in [7, 11) is 0. The maximum atomic E-state index is 14.1. The second-order valence-corrected chi connectivity index (χ2v) is 7.56. The molecule has 1 saturated heterocycles. The standard InChI is InChI=1S/C21H19F2N5O2/c22-13-1-2-15(16(23)5-13)18-4-3-17(24)19(25-18)6-21(29)27-7-12-8-28(14-10-30-11-14)26-20(12)9-27/h1-5,8,14H,6-7,9-11,24H2. The predicted molar refractivity (Wildman–Crippen MR) is 104 cm³/mol. The minimum Gasteiger partial charge on any atom is -0.397 e. The largest absolute Gasteiger partial charge is 0.397 e. The molecule has 0 radical (unpaired) electrons. The zero-order chi connectivity index (χ0) is 20.8. The van der Waals surface area contributed by atoms with Crippen LogP contribution in [0, 0.1) is 11.6 Å². The number of hydrogen-bond donors (Lipinski definition) is 1. The summed E-state index contributed by atoms with van der Waals surface area (Å²) >= 11 is 0. The molecule has 7 nitrogen and oxygen atoms in total. The van der Waals surface area contributed by atoms with E-state index in [2.05, 4.69) is 10.1 Å². The van der Waals surface area contributed by atoms with Gasteiger partial charge in [0.25, 0.3) is 0 Å². The van der Waals surface area contributed by atoms with E-state index in [-0.39, 0.29) is 23.9 Å². The number of nitrogens with two attached hydrogens (primary N) is 1. The summed E-state index contributed by atoms with van der Waals surface area (Å²) in [5.41, 5.74) is 9.08. The third kappa shape index (κ3) is 3.30. The molecule has 9 heteroatoms. The fraction of sp³-hybridized carbons (Fsp3) is 0.286. The highest BCUT2D eigenvalue weighted by atomic mass is 19.1. The van der Waals surface area contributed by atoms with Crippen LogP contribution in [0.15, 0.2) is 36.5 Å². The number of ether oxygens (including phenoxy) is 1. The highest BCUT2D eigenvalue weighted by Crippen LogP contribution is 2.27. The molecule has 2 N–H and O–H groups in total. The van der Waals surface area contributed by atoms with Crippen molar-refractivity contribution in [2.45, 2.75) is 25.6 Å². The van der Waals surface area contributed by atoms with E-state index in [9.17, 15) is 13.6 Å². The molecule has 0 bridgehead atoms. The van der Waals surface area contributed by atoms with Crippen molar-refractivity contribution in [3.63, 3.8) is 0 Å². The highest BCUT2D eigenvalue weighted by molar-refractivity contribution is 5.80. The van der Waals surface area contributed by atoms with Crippen molar-refractivity contribution in [1.29, 1.82) is 0 Å². The number of nitrogen functional groups attached to an aromatic ring is 1. The molecule has 0 aliphatic carbocycles. The first-order valence-corrected chi connectivity index (χ1v) is 9.61. The SMILES string of the molecule is Nc1ccc(-c2ccc(F)cc2F)nc1CC(=O)N1Cc2cn(C3COC3)nc2C1. The molecular weight excluding hydrogens is 392 g/mol. The van der Waals surface area contributed by atoms with Crippen molar-refractivity contribution in [3.05, 3.63) is 65.1 Å². The Morgan fingerprint density at radius 3 is 2.73 bits per heavy atom. The van der Waals surface area contributed by atoms with E-state index in [0.29, 0.717) is 43.4 Å². The Kier molecular flexibility index (Phi) is 4.47. The van der Waals surface area contributed by atoms with Crippen molar-refractivity contribution in [2.75, 3.05) is 18.9 Å². The number of carbonyl (C=O) groups excluding carboxylic acids is 1. The number of carbonyl (C=O) groups is 1. The van der Waals surface area contributed by atoms with Crippen LogP contribution in [0.3, 0.4) is 0 Å². The van der Waals surface area contributed by atoms with Gasteiger partial charge in [0.1, 0.15) is 11.6 Å². The van der Waals surface area contributed by atoms with E-state index in [1.807, 2.05) is 10.9 Å². The maximum absolute atomic E-state index is 14.1. The van der Waals surface area contributed by atoms with E-state index in [4.69, 9.17) is 10.5 Å². The smallest absolute Gasteiger partial charge is 0.229 e. The van der Waals surface area contributed by atoms with Crippen LogP contribution >= 0.6 is 0 Å². The number of hydrogen-bond acceptors (Lipinski definition) is 5. The molecule has 2 aromatic heterocycles. The number of nitrogens with zero attached hydrogens (tertiary/aromatic N) is 4. The van der Waals surface area contributed by atoms with Crippen molar-refractivity contribution in [2.24, 2.45) is 0 Å². The van der Waals surface area contributed by atoms with Crippen molar-refractivity contribution >= 4 is 11.6 Å². The number of rotatable bonds is 4. The molecule has 30 heavy (non-hydrogen) atoms. The molecule has 1 aromatic carbocycles. The topological polar surface area (TPSA) is 86.3 Å². The quantitative estimate of drug-likeness (QED) is 0.713. The lowest BCUT2D eigenvalue weighted by atomic mass is 10.1. The number of anilines is 1. The predicted octanol–water partition coefficient (Wildman–Crippen LogP) is 2.46. The van der Waals surface area contributed by atoms with E-state index in [1.165, 1.54) is 6.07 Å². The van der Waals surface area contributed by atoms with Gasteiger partial charge in [-0.05, 0) is 24.3 Å². The maximum Gasteiger partial charge on any atom is 0.229 e. The number of fused-ring (bicyclic) bond motifs is 1.